The fraction of sp³-hybridized carbons (Fsp3) is 0.391. The van der Waals surface area contributed by atoms with Gasteiger partial charge in [-0.3, -0.25) is 14.5 Å². The molecule has 0 atom stereocenters. The Morgan fingerprint density at radius 1 is 1.00 bits per heavy atom. The van der Waals surface area contributed by atoms with E-state index in [0.29, 0.717) is 12.1 Å². The number of hydrogen-bond acceptors (Lipinski definition) is 6. The van der Waals surface area contributed by atoms with Crippen LogP contribution in [0.3, 0.4) is 0 Å². The van der Waals surface area contributed by atoms with E-state index in [0.717, 1.165) is 25.2 Å². The molecule has 2 aromatic rings. The third-order valence-electron chi connectivity index (χ3n) is 4.93. The number of nitrogens with two attached hydrogens (primary N) is 1. The molecule has 0 radical (unpaired) electrons. The molecule has 0 aromatic heterocycles. The van der Waals surface area contributed by atoms with Gasteiger partial charge in [-0.25, -0.2) is 0 Å². The second kappa shape index (κ2) is 11.8. The Hall–Kier alpha value is -3.26. The van der Waals surface area contributed by atoms with Gasteiger partial charge in [-0.2, -0.15) is 0 Å². The van der Waals surface area contributed by atoms with Crippen molar-refractivity contribution < 1.29 is 23.8 Å². The largest absolute Gasteiger partial charge is 0.493 e. The Kier molecular flexibility index (Phi) is 9.14. The number of nitrogens with zero attached hydrogens (tertiary/aromatic N) is 1. The van der Waals surface area contributed by atoms with E-state index in [9.17, 15) is 9.59 Å². The minimum atomic E-state index is -0.630. The van der Waals surface area contributed by atoms with Gasteiger partial charge in [0, 0.05) is 18.7 Å². The van der Waals surface area contributed by atoms with Gasteiger partial charge in [-0.05, 0) is 36.3 Å². The lowest BCUT2D eigenvalue weighted by Gasteiger charge is -2.20. The molecular formula is C23H31N3O5. The predicted molar refractivity (Wildman–Crippen MR) is 118 cm³/mol. The molecule has 3 N–H and O–H groups in total. The molecule has 0 bridgehead atoms. The minimum Gasteiger partial charge on any atom is -0.493 e. The van der Waals surface area contributed by atoms with Crippen LogP contribution in [0.15, 0.2) is 36.4 Å². The molecule has 2 amide bonds. The Morgan fingerprint density at radius 2 is 1.58 bits per heavy atom. The lowest BCUT2D eigenvalue weighted by molar-refractivity contribution is -0.120. The summed E-state index contributed by atoms with van der Waals surface area (Å²) in [5, 5.41) is 2.95. The average molecular weight is 430 g/mol. The molecule has 0 unspecified atom stereocenters. The van der Waals surface area contributed by atoms with E-state index in [2.05, 4.69) is 30.1 Å². The second-order valence-electron chi connectivity index (χ2n) is 6.88. The molecule has 0 aliphatic rings. The van der Waals surface area contributed by atoms with Crippen LogP contribution in [-0.4, -0.2) is 50.6 Å². The number of ether oxygens (including phenoxy) is 3. The molecule has 0 saturated carbocycles. The molecule has 0 spiro atoms. The summed E-state index contributed by atoms with van der Waals surface area (Å²) in [6.45, 7) is 7.06. The number of rotatable bonds is 12. The zero-order valence-corrected chi connectivity index (χ0v) is 18.6. The van der Waals surface area contributed by atoms with E-state index in [4.69, 9.17) is 19.9 Å². The minimum absolute atomic E-state index is 0.213. The number of hydrogen-bond donors (Lipinski definition) is 2. The van der Waals surface area contributed by atoms with Crippen molar-refractivity contribution in [1.82, 2.24) is 10.2 Å². The first-order valence-corrected chi connectivity index (χ1v) is 10.2. The van der Waals surface area contributed by atoms with Gasteiger partial charge < -0.3 is 25.3 Å². The first-order chi connectivity index (χ1) is 14.9. The Balaban J connectivity index is 2.18. The van der Waals surface area contributed by atoms with E-state index in [-0.39, 0.29) is 29.8 Å². The monoisotopic (exact) mass is 429 g/mol. The molecule has 2 aromatic carbocycles. The third-order valence-corrected chi connectivity index (χ3v) is 4.93. The Labute approximate surface area is 183 Å². The molecule has 2 rings (SSSR count). The first-order valence-electron chi connectivity index (χ1n) is 10.2. The van der Waals surface area contributed by atoms with Gasteiger partial charge >= 0.3 is 0 Å². The van der Waals surface area contributed by atoms with Gasteiger partial charge in [0.05, 0.1) is 14.2 Å². The van der Waals surface area contributed by atoms with E-state index in [1.807, 2.05) is 18.2 Å². The standard InChI is InChI=1S/C23H31N3O5/c1-5-26(6-2)14-17-10-8-7-9-16(17)13-25-23(28)18-11-19(29-3)22(20(12-18)30-4)31-15-21(24)27/h7-12H,5-6,13-15H2,1-4H3,(H2,24,27)(H,25,28). The highest BCUT2D eigenvalue weighted by molar-refractivity contribution is 5.95. The fourth-order valence-corrected chi connectivity index (χ4v) is 3.15. The number of nitrogens with one attached hydrogen (secondary N) is 1. The van der Waals surface area contributed by atoms with Crippen molar-refractivity contribution in [1.29, 1.82) is 0 Å². The number of carbonyl (C=O) groups excluding carboxylic acids is 2. The van der Waals surface area contributed by atoms with Crippen LogP contribution in [-0.2, 0) is 17.9 Å². The molecule has 0 heterocycles. The summed E-state index contributed by atoms with van der Waals surface area (Å²) >= 11 is 0. The highest BCUT2D eigenvalue weighted by Crippen LogP contribution is 2.38. The van der Waals surface area contributed by atoms with Crippen LogP contribution >= 0.6 is 0 Å². The van der Waals surface area contributed by atoms with Crippen molar-refractivity contribution in [3.63, 3.8) is 0 Å². The predicted octanol–water partition coefficient (Wildman–Crippen LogP) is 2.34. The highest BCUT2D eigenvalue weighted by atomic mass is 16.5. The molecule has 168 valence electrons. The van der Waals surface area contributed by atoms with Crippen LogP contribution in [0.4, 0.5) is 0 Å². The van der Waals surface area contributed by atoms with E-state index in [1.54, 1.807) is 0 Å². The summed E-state index contributed by atoms with van der Waals surface area (Å²) in [6, 6.07) is 11.1. The zero-order valence-electron chi connectivity index (χ0n) is 18.6. The zero-order chi connectivity index (χ0) is 22.8. The van der Waals surface area contributed by atoms with E-state index < -0.39 is 5.91 Å². The number of benzene rings is 2. The maximum atomic E-state index is 12.8. The summed E-state index contributed by atoms with van der Waals surface area (Å²) < 4.78 is 16.0. The number of primary amides is 1. The molecule has 0 saturated heterocycles. The van der Waals surface area contributed by atoms with E-state index in [1.165, 1.54) is 31.9 Å². The Bertz CT molecular complexity index is 872. The van der Waals surface area contributed by atoms with Gasteiger partial charge in [0.15, 0.2) is 18.1 Å². The summed E-state index contributed by atoms with van der Waals surface area (Å²) in [4.78, 5) is 26.2. The maximum Gasteiger partial charge on any atom is 0.255 e. The van der Waals surface area contributed by atoms with Gasteiger partial charge in [0.2, 0.25) is 5.75 Å². The number of amides is 2. The van der Waals surface area contributed by atoms with E-state index >= 15 is 0 Å². The van der Waals surface area contributed by atoms with Crippen LogP contribution in [0.2, 0.25) is 0 Å². The average Bonchev–Trinajstić information content (AvgIpc) is 2.79. The lowest BCUT2D eigenvalue weighted by Crippen LogP contribution is -2.26. The van der Waals surface area contributed by atoms with Crippen molar-refractivity contribution >= 4 is 11.8 Å². The number of methoxy groups -OCH3 is 2. The summed E-state index contributed by atoms with van der Waals surface area (Å²) in [7, 11) is 2.88. The van der Waals surface area contributed by atoms with Crippen LogP contribution in [0, 0.1) is 0 Å². The van der Waals surface area contributed by atoms with Gasteiger partial charge in [-0.15, -0.1) is 0 Å². The second-order valence-corrected chi connectivity index (χ2v) is 6.88. The SMILES string of the molecule is CCN(CC)Cc1ccccc1CNC(=O)c1cc(OC)c(OCC(N)=O)c(OC)c1. The van der Waals surface area contributed by atoms with Crippen molar-refractivity contribution in [2.24, 2.45) is 5.73 Å². The first kappa shape index (κ1) is 24.0. The molecule has 31 heavy (non-hydrogen) atoms. The lowest BCUT2D eigenvalue weighted by atomic mass is 10.1. The number of carbonyl (C=O) groups is 2. The summed E-state index contributed by atoms with van der Waals surface area (Å²) in [5.41, 5.74) is 7.73. The van der Waals surface area contributed by atoms with Crippen molar-refractivity contribution in [3.8, 4) is 17.2 Å². The molecule has 0 aliphatic carbocycles. The van der Waals surface area contributed by atoms with Crippen LogP contribution in [0.5, 0.6) is 17.2 Å². The molecule has 0 aliphatic heterocycles. The van der Waals surface area contributed by atoms with Gasteiger partial charge in [0.1, 0.15) is 0 Å². The van der Waals surface area contributed by atoms with Crippen molar-refractivity contribution in [2.45, 2.75) is 26.9 Å². The smallest absolute Gasteiger partial charge is 0.255 e. The van der Waals surface area contributed by atoms with Gasteiger partial charge in [0.25, 0.3) is 11.8 Å². The van der Waals surface area contributed by atoms with Crippen molar-refractivity contribution in [3.05, 3.63) is 53.1 Å². The van der Waals surface area contributed by atoms with Crippen LogP contribution in [0.1, 0.15) is 35.3 Å². The normalized spacial score (nSPS) is 10.6. The van der Waals surface area contributed by atoms with Crippen LogP contribution in [0.25, 0.3) is 0 Å². The van der Waals surface area contributed by atoms with Gasteiger partial charge in [-0.1, -0.05) is 38.1 Å². The topological polar surface area (TPSA) is 103 Å². The Morgan fingerprint density at radius 3 is 2.10 bits per heavy atom. The fourth-order valence-electron chi connectivity index (χ4n) is 3.15. The molecule has 8 heteroatoms. The maximum absolute atomic E-state index is 12.8. The quantitative estimate of drug-likeness (QED) is 0.537. The van der Waals surface area contributed by atoms with Crippen LogP contribution < -0.4 is 25.3 Å². The third kappa shape index (κ3) is 6.62. The highest BCUT2D eigenvalue weighted by Gasteiger charge is 2.18. The molecule has 0 fully saturated rings. The summed E-state index contributed by atoms with van der Waals surface area (Å²) in [5.74, 6) is -0.157. The summed E-state index contributed by atoms with van der Waals surface area (Å²) in [6.07, 6.45) is 0. The molecule has 8 nitrogen and oxygen atoms in total. The van der Waals surface area contributed by atoms with Crippen molar-refractivity contribution in [2.75, 3.05) is 33.9 Å². The molecular weight excluding hydrogens is 398 g/mol.